The van der Waals surface area contributed by atoms with E-state index >= 15 is 0 Å². The van der Waals surface area contributed by atoms with Gasteiger partial charge in [0.25, 0.3) is 5.91 Å². The van der Waals surface area contributed by atoms with Crippen molar-refractivity contribution in [2.24, 2.45) is 0 Å². The number of thiazole rings is 1. The minimum Gasteiger partial charge on any atom is -0.494 e. The zero-order valence-electron chi connectivity index (χ0n) is 13.9. The monoisotopic (exact) mass is 391 g/mol. The Labute approximate surface area is 159 Å². The number of likely N-dealkylation sites (N-methyl/N-ethyl adjacent to an activating group) is 1. The Morgan fingerprint density at radius 3 is 2.46 bits per heavy atom. The SMILES string of the molecule is CCOc1ccc(-c2nc(C)c(C(=O)NCCNC)s2)cc1.Cl.Cl. The van der Waals surface area contributed by atoms with Crippen LogP contribution in [0.3, 0.4) is 0 Å². The quantitative estimate of drug-likeness (QED) is 0.710. The number of hydrogen-bond acceptors (Lipinski definition) is 5. The predicted octanol–water partition coefficient (Wildman–Crippen LogP) is 3.31. The Kier molecular flexibility index (Phi) is 10.6. The van der Waals surface area contributed by atoms with E-state index in [-0.39, 0.29) is 30.7 Å². The van der Waals surface area contributed by atoms with Crippen LogP contribution >= 0.6 is 36.2 Å². The van der Waals surface area contributed by atoms with E-state index in [2.05, 4.69) is 15.6 Å². The molecular weight excluding hydrogens is 369 g/mol. The van der Waals surface area contributed by atoms with Crippen LogP contribution in [0.25, 0.3) is 10.6 Å². The lowest BCUT2D eigenvalue weighted by molar-refractivity contribution is 0.0957. The second kappa shape index (κ2) is 11.3. The van der Waals surface area contributed by atoms with Crippen LogP contribution in [0, 0.1) is 6.92 Å². The van der Waals surface area contributed by atoms with Crippen LogP contribution < -0.4 is 15.4 Å². The van der Waals surface area contributed by atoms with E-state index in [9.17, 15) is 4.79 Å². The molecule has 1 heterocycles. The molecule has 2 rings (SSSR count). The van der Waals surface area contributed by atoms with Crippen LogP contribution in [0.4, 0.5) is 0 Å². The minimum atomic E-state index is -0.0672. The van der Waals surface area contributed by atoms with E-state index in [4.69, 9.17) is 4.74 Å². The maximum Gasteiger partial charge on any atom is 0.263 e. The van der Waals surface area contributed by atoms with E-state index in [1.807, 2.05) is 45.2 Å². The first-order valence-corrected chi connectivity index (χ1v) is 8.10. The predicted molar refractivity (Wildman–Crippen MR) is 104 cm³/mol. The highest BCUT2D eigenvalue weighted by atomic mass is 35.5. The molecule has 2 aromatic rings. The molecule has 0 unspecified atom stereocenters. The van der Waals surface area contributed by atoms with Gasteiger partial charge in [-0.25, -0.2) is 4.98 Å². The summed E-state index contributed by atoms with van der Waals surface area (Å²) < 4.78 is 5.43. The third-order valence-electron chi connectivity index (χ3n) is 3.08. The van der Waals surface area contributed by atoms with Gasteiger partial charge in [-0.2, -0.15) is 0 Å². The maximum atomic E-state index is 12.1. The topological polar surface area (TPSA) is 63.2 Å². The van der Waals surface area contributed by atoms with E-state index < -0.39 is 0 Å². The van der Waals surface area contributed by atoms with Gasteiger partial charge < -0.3 is 15.4 Å². The highest BCUT2D eigenvalue weighted by molar-refractivity contribution is 7.17. The summed E-state index contributed by atoms with van der Waals surface area (Å²) in [5.74, 6) is 0.770. The van der Waals surface area contributed by atoms with E-state index in [1.165, 1.54) is 11.3 Å². The second-order valence-corrected chi connectivity index (χ2v) is 5.75. The smallest absolute Gasteiger partial charge is 0.263 e. The molecule has 0 saturated heterocycles. The highest BCUT2D eigenvalue weighted by Gasteiger charge is 2.15. The molecule has 0 spiro atoms. The molecule has 1 aromatic heterocycles. The fraction of sp³-hybridized carbons (Fsp3) is 0.375. The first-order chi connectivity index (χ1) is 10.7. The van der Waals surface area contributed by atoms with Crippen molar-refractivity contribution in [3.05, 3.63) is 34.8 Å². The van der Waals surface area contributed by atoms with Crippen molar-refractivity contribution in [1.82, 2.24) is 15.6 Å². The summed E-state index contributed by atoms with van der Waals surface area (Å²) in [6, 6.07) is 7.77. The summed E-state index contributed by atoms with van der Waals surface area (Å²) in [4.78, 5) is 17.3. The molecular formula is C16H23Cl2N3O2S. The first-order valence-electron chi connectivity index (χ1n) is 7.29. The molecule has 0 atom stereocenters. The Hall–Kier alpha value is -1.34. The van der Waals surface area contributed by atoms with E-state index in [0.29, 0.717) is 18.0 Å². The largest absolute Gasteiger partial charge is 0.494 e. The summed E-state index contributed by atoms with van der Waals surface area (Å²) in [5, 5.41) is 6.72. The van der Waals surface area contributed by atoms with Gasteiger partial charge in [-0.05, 0) is 45.2 Å². The van der Waals surface area contributed by atoms with Crippen LogP contribution in [0.1, 0.15) is 22.3 Å². The van der Waals surface area contributed by atoms with Gasteiger partial charge in [0.05, 0.1) is 12.3 Å². The van der Waals surface area contributed by atoms with Crippen molar-refractivity contribution in [1.29, 1.82) is 0 Å². The number of amides is 1. The van der Waals surface area contributed by atoms with Crippen molar-refractivity contribution in [2.45, 2.75) is 13.8 Å². The van der Waals surface area contributed by atoms with Crippen LogP contribution in [0.5, 0.6) is 5.75 Å². The van der Waals surface area contributed by atoms with Crippen molar-refractivity contribution in [3.8, 4) is 16.3 Å². The van der Waals surface area contributed by atoms with Crippen molar-refractivity contribution in [2.75, 3.05) is 26.7 Å². The molecule has 0 aliphatic carbocycles. The summed E-state index contributed by atoms with van der Waals surface area (Å²) in [5.41, 5.74) is 1.75. The average molecular weight is 392 g/mol. The number of benzene rings is 1. The molecule has 2 N–H and O–H groups in total. The molecule has 0 aliphatic rings. The number of aromatic nitrogens is 1. The van der Waals surface area contributed by atoms with Crippen LogP contribution in [-0.4, -0.2) is 37.6 Å². The average Bonchev–Trinajstić information content (AvgIpc) is 2.90. The van der Waals surface area contributed by atoms with Crippen LogP contribution in [-0.2, 0) is 0 Å². The van der Waals surface area contributed by atoms with Crippen molar-refractivity contribution in [3.63, 3.8) is 0 Å². The molecule has 1 amide bonds. The number of hydrogen-bond donors (Lipinski definition) is 2. The number of ether oxygens (including phenoxy) is 1. The number of carbonyl (C=O) groups excluding carboxylic acids is 1. The summed E-state index contributed by atoms with van der Waals surface area (Å²) in [6.45, 7) is 5.81. The van der Waals surface area contributed by atoms with Gasteiger partial charge in [-0.15, -0.1) is 36.2 Å². The minimum absolute atomic E-state index is 0. The third-order valence-corrected chi connectivity index (χ3v) is 4.28. The fourth-order valence-corrected chi connectivity index (χ4v) is 2.96. The lowest BCUT2D eigenvalue weighted by Gasteiger charge is -2.03. The summed E-state index contributed by atoms with van der Waals surface area (Å²) >= 11 is 1.41. The lowest BCUT2D eigenvalue weighted by atomic mass is 10.2. The maximum absolute atomic E-state index is 12.1. The molecule has 134 valence electrons. The Balaban J connectivity index is 0.00000264. The van der Waals surface area contributed by atoms with Crippen molar-refractivity contribution >= 4 is 42.1 Å². The zero-order chi connectivity index (χ0) is 15.9. The lowest BCUT2D eigenvalue weighted by Crippen LogP contribution is -2.30. The Morgan fingerprint density at radius 2 is 1.88 bits per heavy atom. The zero-order valence-corrected chi connectivity index (χ0v) is 16.4. The van der Waals surface area contributed by atoms with Gasteiger partial charge in [-0.1, -0.05) is 0 Å². The number of aryl methyl sites for hydroxylation is 1. The van der Waals surface area contributed by atoms with Gasteiger partial charge in [0.15, 0.2) is 0 Å². The van der Waals surface area contributed by atoms with E-state index in [1.54, 1.807) is 0 Å². The first kappa shape index (κ1) is 22.7. The van der Waals surface area contributed by atoms with Gasteiger partial charge in [0.2, 0.25) is 0 Å². The van der Waals surface area contributed by atoms with Crippen LogP contribution in [0.15, 0.2) is 24.3 Å². The molecule has 0 aliphatic heterocycles. The number of nitrogens with zero attached hydrogens (tertiary/aromatic N) is 1. The van der Waals surface area contributed by atoms with Gasteiger partial charge >= 0.3 is 0 Å². The number of carbonyl (C=O) groups is 1. The second-order valence-electron chi connectivity index (χ2n) is 4.75. The molecule has 24 heavy (non-hydrogen) atoms. The van der Waals surface area contributed by atoms with E-state index in [0.717, 1.165) is 28.6 Å². The molecule has 5 nitrogen and oxygen atoms in total. The summed E-state index contributed by atoms with van der Waals surface area (Å²) in [6.07, 6.45) is 0. The van der Waals surface area contributed by atoms with Gasteiger partial charge in [-0.3, -0.25) is 4.79 Å². The Morgan fingerprint density at radius 1 is 1.21 bits per heavy atom. The van der Waals surface area contributed by atoms with Gasteiger partial charge in [0.1, 0.15) is 15.6 Å². The molecule has 0 saturated carbocycles. The molecule has 1 aromatic carbocycles. The molecule has 0 radical (unpaired) electrons. The highest BCUT2D eigenvalue weighted by Crippen LogP contribution is 2.29. The molecule has 8 heteroatoms. The standard InChI is InChI=1S/C16H21N3O2S.2ClH/c1-4-21-13-7-5-12(6-8-13)16-19-11(2)14(22-16)15(20)18-10-9-17-3;;/h5-8,17H,4,9-10H2,1-3H3,(H,18,20);2*1H. The van der Waals surface area contributed by atoms with Gasteiger partial charge in [0, 0.05) is 18.7 Å². The Bertz CT molecular complexity index is 633. The summed E-state index contributed by atoms with van der Waals surface area (Å²) in [7, 11) is 1.86. The molecule has 0 fully saturated rings. The van der Waals surface area contributed by atoms with Crippen molar-refractivity contribution < 1.29 is 9.53 Å². The number of nitrogens with one attached hydrogen (secondary N) is 2. The normalized spacial score (nSPS) is 9.62. The third kappa shape index (κ3) is 5.94. The molecule has 0 bridgehead atoms. The fourth-order valence-electron chi connectivity index (χ4n) is 1.97. The number of rotatable bonds is 7. The van der Waals surface area contributed by atoms with Crippen LogP contribution in [0.2, 0.25) is 0 Å². The number of halogens is 2.